The van der Waals surface area contributed by atoms with Crippen molar-refractivity contribution in [1.29, 1.82) is 0 Å². The Morgan fingerprint density at radius 1 is 1.00 bits per heavy atom. The van der Waals surface area contributed by atoms with Gasteiger partial charge in [-0.25, -0.2) is 0 Å². The van der Waals surface area contributed by atoms with Gasteiger partial charge in [-0.15, -0.1) is 0 Å². The molecular weight excluding hydrogens is 454 g/mol. The minimum absolute atomic E-state index is 0.242. The first kappa shape index (κ1) is 27.0. The third-order valence-electron chi connectivity index (χ3n) is 6.35. The largest absolute Gasteiger partial charge is 0.350 e. The van der Waals surface area contributed by atoms with Gasteiger partial charge in [0.25, 0.3) is 5.91 Å². The molecule has 0 aliphatic heterocycles. The number of carbonyl (C=O) groups excluding carboxylic acids is 2. The fourth-order valence-corrected chi connectivity index (χ4v) is 4.50. The number of benzene rings is 1. The Hall–Kier alpha value is -2.55. The van der Waals surface area contributed by atoms with Crippen LogP contribution in [0.25, 0.3) is 0 Å². The molecule has 2 amide bonds. The van der Waals surface area contributed by atoms with Gasteiger partial charge in [-0.1, -0.05) is 56.5 Å². The van der Waals surface area contributed by atoms with Gasteiger partial charge in [-0.3, -0.25) is 14.6 Å². The number of pyridine rings is 1. The average molecular weight is 493 g/mol. The van der Waals surface area contributed by atoms with E-state index in [1.807, 2.05) is 19.1 Å². The number of carbonyl (C=O) groups is 2. The van der Waals surface area contributed by atoms with Crippen molar-refractivity contribution in [2.75, 3.05) is 13.1 Å². The highest BCUT2D eigenvalue weighted by atomic mass is 28.1. The molecule has 1 unspecified atom stereocenters. The number of rotatable bonds is 13. The Kier molecular flexibility index (Phi) is 11.4. The van der Waals surface area contributed by atoms with Gasteiger partial charge in [-0.05, 0) is 61.2 Å². The summed E-state index contributed by atoms with van der Waals surface area (Å²) in [5.41, 5.74) is 2.26. The lowest BCUT2D eigenvalue weighted by Gasteiger charge is -2.22. The maximum atomic E-state index is 12.7. The van der Waals surface area contributed by atoms with E-state index in [0.29, 0.717) is 6.54 Å². The molecule has 2 atom stereocenters. The molecule has 1 aliphatic carbocycles. The Morgan fingerprint density at radius 3 is 2.37 bits per heavy atom. The van der Waals surface area contributed by atoms with Crippen LogP contribution in [-0.4, -0.2) is 52.2 Å². The van der Waals surface area contributed by atoms with Crippen molar-refractivity contribution < 1.29 is 9.59 Å². The molecule has 0 bridgehead atoms. The van der Waals surface area contributed by atoms with Crippen LogP contribution in [-0.2, 0) is 17.9 Å². The molecule has 7 nitrogen and oxygen atoms in total. The number of hydrogen-bond donors (Lipinski definition) is 4. The van der Waals surface area contributed by atoms with Crippen molar-refractivity contribution in [3.8, 4) is 0 Å². The first-order chi connectivity index (χ1) is 17.0. The Labute approximate surface area is 212 Å². The van der Waals surface area contributed by atoms with Crippen LogP contribution >= 0.6 is 0 Å². The first-order valence-electron chi connectivity index (χ1n) is 12.8. The SMILES string of the molecule is CC([Si])[C@H](NC(=O)c1ccccn1)C(=O)NCc1ccc(CNCCCNC2CCCCC2)cc1. The molecule has 1 fully saturated rings. The minimum atomic E-state index is -0.711. The molecule has 187 valence electrons. The topological polar surface area (TPSA) is 95.2 Å². The molecular formula is C27H38N5O2Si. The molecule has 1 aliphatic rings. The van der Waals surface area contributed by atoms with Crippen LogP contribution in [0, 0.1) is 0 Å². The molecule has 1 heterocycles. The summed E-state index contributed by atoms with van der Waals surface area (Å²) in [6.45, 7) is 5.13. The van der Waals surface area contributed by atoms with Crippen LogP contribution in [0.2, 0.25) is 5.54 Å². The summed E-state index contributed by atoms with van der Waals surface area (Å²) in [4.78, 5) is 29.2. The molecule has 2 aromatic rings. The summed E-state index contributed by atoms with van der Waals surface area (Å²) >= 11 is 0. The second-order valence-corrected chi connectivity index (χ2v) is 10.2. The number of hydrogen-bond acceptors (Lipinski definition) is 5. The van der Waals surface area contributed by atoms with E-state index in [9.17, 15) is 9.59 Å². The van der Waals surface area contributed by atoms with Gasteiger partial charge in [0.1, 0.15) is 11.7 Å². The number of nitrogens with zero attached hydrogens (tertiary/aromatic N) is 1. The lowest BCUT2D eigenvalue weighted by atomic mass is 9.95. The van der Waals surface area contributed by atoms with Gasteiger partial charge < -0.3 is 21.3 Å². The fraction of sp³-hybridized carbons (Fsp3) is 0.519. The zero-order valence-electron chi connectivity index (χ0n) is 20.7. The molecule has 4 N–H and O–H groups in total. The Morgan fingerprint density at radius 2 is 1.71 bits per heavy atom. The normalized spacial score (nSPS) is 15.8. The molecule has 3 radical (unpaired) electrons. The smallest absolute Gasteiger partial charge is 0.270 e. The zero-order chi connectivity index (χ0) is 24.9. The van der Waals surface area contributed by atoms with Crippen LogP contribution in [0.1, 0.15) is 67.1 Å². The van der Waals surface area contributed by atoms with E-state index in [2.05, 4.69) is 48.6 Å². The van der Waals surface area contributed by atoms with Crippen LogP contribution < -0.4 is 21.3 Å². The number of nitrogens with one attached hydrogen (secondary N) is 4. The van der Waals surface area contributed by atoms with E-state index in [4.69, 9.17) is 0 Å². The van der Waals surface area contributed by atoms with Crippen molar-refractivity contribution in [3.63, 3.8) is 0 Å². The van der Waals surface area contributed by atoms with Crippen LogP contribution in [0.3, 0.4) is 0 Å². The predicted octanol–water partition coefficient (Wildman–Crippen LogP) is 2.88. The first-order valence-corrected chi connectivity index (χ1v) is 13.3. The molecule has 1 saturated carbocycles. The van der Waals surface area contributed by atoms with Gasteiger partial charge in [0.15, 0.2) is 0 Å². The van der Waals surface area contributed by atoms with E-state index in [-0.39, 0.29) is 23.0 Å². The van der Waals surface area contributed by atoms with Gasteiger partial charge in [-0.2, -0.15) is 0 Å². The van der Waals surface area contributed by atoms with Gasteiger partial charge in [0.2, 0.25) is 5.91 Å². The highest BCUT2D eigenvalue weighted by molar-refractivity contribution is 6.14. The quantitative estimate of drug-likeness (QED) is 0.255. The average Bonchev–Trinajstić information content (AvgIpc) is 2.89. The van der Waals surface area contributed by atoms with Crippen molar-refractivity contribution in [2.45, 2.75) is 76.2 Å². The molecule has 8 heteroatoms. The monoisotopic (exact) mass is 492 g/mol. The second kappa shape index (κ2) is 14.8. The van der Waals surface area contributed by atoms with Crippen LogP contribution in [0.15, 0.2) is 48.7 Å². The summed E-state index contributed by atoms with van der Waals surface area (Å²) in [6, 6.07) is 13.3. The number of amides is 2. The molecule has 1 aromatic carbocycles. The van der Waals surface area contributed by atoms with E-state index in [1.165, 1.54) is 37.7 Å². The van der Waals surface area contributed by atoms with E-state index >= 15 is 0 Å². The summed E-state index contributed by atoms with van der Waals surface area (Å²) < 4.78 is 0. The third kappa shape index (κ3) is 9.55. The van der Waals surface area contributed by atoms with Gasteiger partial charge in [0.05, 0.1) is 0 Å². The standard InChI is InChI=1S/C27H38N5O2Si/c1-20(35)25(32-26(33)24-10-5-6-16-30-24)27(34)31-19-22-13-11-21(12-14-22)18-28-15-7-17-29-23-8-3-2-4-9-23/h5-6,10-14,16,20,23,25,28-29H,2-4,7-9,15,17-19H2,1H3,(H,31,34)(H,32,33)/t20?,25-/m0/s1. The van der Waals surface area contributed by atoms with E-state index in [1.54, 1.807) is 24.4 Å². The van der Waals surface area contributed by atoms with Crippen LogP contribution in [0.5, 0.6) is 0 Å². The fourth-order valence-electron chi connectivity index (χ4n) is 4.26. The van der Waals surface area contributed by atoms with Crippen molar-refractivity contribution in [2.24, 2.45) is 0 Å². The van der Waals surface area contributed by atoms with Crippen molar-refractivity contribution >= 4 is 22.1 Å². The molecule has 0 saturated heterocycles. The molecule has 0 spiro atoms. The zero-order valence-corrected chi connectivity index (χ0v) is 21.7. The van der Waals surface area contributed by atoms with Crippen LogP contribution in [0.4, 0.5) is 0 Å². The lowest BCUT2D eigenvalue weighted by molar-refractivity contribution is -0.123. The van der Waals surface area contributed by atoms with E-state index in [0.717, 1.165) is 37.7 Å². The van der Waals surface area contributed by atoms with Gasteiger partial charge in [0, 0.05) is 35.6 Å². The molecule has 35 heavy (non-hydrogen) atoms. The summed E-state index contributed by atoms with van der Waals surface area (Å²) in [5, 5.41) is 12.9. The highest BCUT2D eigenvalue weighted by Crippen LogP contribution is 2.17. The molecule has 3 rings (SSSR count). The summed E-state index contributed by atoms with van der Waals surface area (Å²) in [5.74, 6) is -0.623. The molecule has 1 aromatic heterocycles. The predicted molar refractivity (Wildman–Crippen MR) is 140 cm³/mol. The summed E-state index contributed by atoms with van der Waals surface area (Å²) in [6.07, 6.45) is 9.47. The lowest BCUT2D eigenvalue weighted by Crippen LogP contribution is -2.48. The number of aromatic nitrogens is 1. The Bertz CT molecular complexity index is 902. The second-order valence-electron chi connectivity index (χ2n) is 9.31. The maximum absolute atomic E-state index is 12.7. The Balaban J connectivity index is 1.35. The maximum Gasteiger partial charge on any atom is 0.270 e. The van der Waals surface area contributed by atoms with Crippen molar-refractivity contribution in [1.82, 2.24) is 26.3 Å². The van der Waals surface area contributed by atoms with Gasteiger partial charge >= 0.3 is 0 Å². The highest BCUT2D eigenvalue weighted by Gasteiger charge is 2.24. The summed E-state index contributed by atoms with van der Waals surface area (Å²) in [7, 11) is 3.49. The third-order valence-corrected chi connectivity index (χ3v) is 6.69. The minimum Gasteiger partial charge on any atom is -0.350 e. The van der Waals surface area contributed by atoms with Crippen molar-refractivity contribution in [3.05, 3.63) is 65.5 Å². The van der Waals surface area contributed by atoms with E-state index < -0.39 is 6.04 Å².